The van der Waals surface area contributed by atoms with Crippen LogP contribution < -0.4 is 11.1 Å². The number of allylic oxidation sites excluding steroid dienone is 1. The fourth-order valence-electron chi connectivity index (χ4n) is 4.00. The number of aromatic nitrogens is 6. The molecule has 1 atom stereocenters. The highest BCUT2D eigenvalue weighted by Gasteiger charge is 2.30. The molecule has 0 spiro atoms. The minimum absolute atomic E-state index is 0.0366. The second-order valence-electron chi connectivity index (χ2n) is 8.30. The zero-order valence-corrected chi connectivity index (χ0v) is 17.4. The summed E-state index contributed by atoms with van der Waals surface area (Å²) < 4.78 is 0. The molecule has 0 bridgehead atoms. The summed E-state index contributed by atoms with van der Waals surface area (Å²) in [5.74, 6) is 0.0641. The molecule has 164 valence electrons. The van der Waals surface area contributed by atoms with Crippen molar-refractivity contribution >= 4 is 40.1 Å². The molecule has 1 fully saturated rings. The Bertz CT molecular complexity index is 1490. The van der Waals surface area contributed by atoms with Crippen molar-refractivity contribution in [2.24, 2.45) is 16.6 Å². The highest BCUT2D eigenvalue weighted by Crippen LogP contribution is 2.32. The van der Waals surface area contributed by atoms with Gasteiger partial charge in [0.05, 0.1) is 22.7 Å². The smallest absolute Gasteiger partial charge is 0.252 e. The van der Waals surface area contributed by atoms with E-state index in [0.29, 0.717) is 34.6 Å². The van der Waals surface area contributed by atoms with E-state index in [0.717, 1.165) is 29.5 Å². The Balaban J connectivity index is 1.33. The number of nitrogens with zero attached hydrogens (tertiary/aromatic N) is 5. The molecule has 5 N–H and O–H groups in total. The second-order valence-corrected chi connectivity index (χ2v) is 8.30. The van der Waals surface area contributed by atoms with Crippen LogP contribution in [-0.4, -0.2) is 48.2 Å². The lowest BCUT2D eigenvalue weighted by molar-refractivity contribution is -0.121. The van der Waals surface area contributed by atoms with Crippen LogP contribution in [-0.2, 0) is 4.79 Å². The van der Waals surface area contributed by atoms with E-state index in [2.05, 4.69) is 40.4 Å². The molecule has 0 aromatic carbocycles. The SMILES string of the molecule is NC(=O)c1cncc2[nH]c(-c3[nH]nc4ncc(C5C=NC=C(NC(=O)C6CC6)C5)cc34)nc12. The highest BCUT2D eigenvalue weighted by molar-refractivity contribution is 6.04. The van der Waals surface area contributed by atoms with Crippen molar-refractivity contribution in [3.8, 4) is 11.5 Å². The Morgan fingerprint density at radius 3 is 2.88 bits per heavy atom. The maximum absolute atomic E-state index is 12.1. The number of primary amides is 1. The van der Waals surface area contributed by atoms with Crippen molar-refractivity contribution in [1.82, 2.24) is 35.5 Å². The highest BCUT2D eigenvalue weighted by atomic mass is 16.2. The third-order valence-electron chi connectivity index (χ3n) is 5.92. The minimum Gasteiger partial charge on any atom is -0.365 e. The molecule has 4 aromatic heterocycles. The molecule has 2 aliphatic rings. The van der Waals surface area contributed by atoms with E-state index in [1.165, 1.54) is 6.20 Å². The van der Waals surface area contributed by atoms with Gasteiger partial charge in [-0.15, -0.1) is 0 Å². The van der Waals surface area contributed by atoms with Crippen LogP contribution in [0.4, 0.5) is 0 Å². The quantitative estimate of drug-likeness (QED) is 0.369. The number of nitrogens with two attached hydrogens (primary N) is 1. The van der Waals surface area contributed by atoms with E-state index in [1.54, 1.807) is 18.6 Å². The molecule has 0 saturated heterocycles. The summed E-state index contributed by atoms with van der Waals surface area (Å²) in [6.45, 7) is 0. The molecule has 0 radical (unpaired) electrons. The van der Waals surface area contributed by atoms with Gasteiger partial charge in [-0.05, 0) is 24.5 Å². The van der Waals surface area contributed by atoms with Crippen molar-refractivity contribution in [2.75, 3.05) is 0 Å². The normalized spacial score (nSPS) is 17.9. The van der Waals surface area contributed by atoms with Gasteiger partial charge < -0.3 is 16.0 Å². The number of rotatable bonds is 5. The summed E-state index contributed by atoms with van der Waals surface area (Å²) in [4.78, 5) is 44.4. The molecule has 1 saturated carbocycles. The minimum atomic E-state index is -0.598. The summed E-state index contributed by atoms with van der Waals surface area (Å²) in [5, 5.41) is 11.0. The number of imidazole rings is 1. The zero-order valence-electron chi connectivity index (χ0n) is 17.4. The summed E-state index contributed by atoms with van der Waals surface area (Å²) >= 11 is 0. The van der Waals surface area contributed by atoms with Crippen LogP contribution in [0.25, 0.3) is 33.6 Å². The van der Waals surface area contributed by atoms with Crippen LogP contribution in [0.1, 0.15) is 41.1 Å². The van der Waals surface area contributed by atoms with Crippen molar-refractivity contribution in [1.29, 1.82) is 0 Å². The van der Waals surface area contributed by atoms with Crippen LogP contribution in [0, 0.1) is 5.92 Å². The number of aromatic amines is 2. The van der Waals surface area contributed by atoms with Crippen molar-refractivity contribution < 1.29 is 9.59 Å². The molecule has 11 nitrogen and oxygen atoms in total. The van der Waals surface area contributed by atoms with E-state index < -0.39 is 5.91 Å². The van der Waals surface area contributed by atoms with Gasteiger partial charge in [-0.3, -0.25) is 24.7 Å². The number of carbonyl (C=O) groups is 2. The van der Waals surface area contributed by atoms with E-state index in [-0.39, 0.29) is 23.3 Å². The van der Waals surface area contributed by atoms with E-state index in [4.69, 9.17) is 5.73 Å². The molecule has 6 rings (SSSR count). The van der Waals surface area contributed by atoms with Crippen molar-refractivity contribution in [3.63, 3.8) is 0 Å². The summed E-state index contributed by atoms with van der Waals surface area (Å²) in [7, 11) is 0. The Kier molecular flexibility index (Phi) is 4.28. The maximum Gasteiger partial charge on any atom is 0.252 e. The molecule has 1 unspecified atom stereocenters. The van der Waals surface area contributed by atoms with Gasteiger partial charge >= 0.3 is 0 Å². The Labute approximate surface area is 186 Å². The summed E-state index contributed by atoms with van der Waals surface area (Å²) in [5.41, 5.74) is 9.64. The first-order chi connectivity index (χ1) is 16.1. The number of H-pyrrole nitrogens is 2. The fraction of sp³-hybridized carbons (Fsp3) is 0.227. The standard InChI is InChI=1S/C22H19N9O2/c23-19(32)15-8-25-9-16-17(15)29-21(28-16)18-14-4-12(6-26-20(14)31-30-18)11-3-13(7-24-5-11)27-22(33)10-1-2-10/h4-11H,1-3H2,(H2,23,32)(H,27,33)(H,28,29)(H,26,30,31). The molecule has 5 heterocycles. The van der Waals surface area contributed by atoms with Crippen molar-refractivity contribution in [3.05, 3.63) is 47.7 Å². The number of amides is 2. The van der Waals surface area contributed by atoms with Crippen LogP contribution in [0.2, 0.25) is 0 Å². The molecular formula is C22H19N9O2. The van der Waals surface area contributed by atoms with Crippen LogP contribution in [0.5, 0.6) is 0 Å². The van der Waals surface area contributed by atoms with Gasteiger partial charge in [0.1, 0.15) is 11.2 Å². The average molecular weight is 441 g/mol. The number of carbonyl (C=O) groups excluding carboxylic acids is 2. The van der Waals surface area contributed by atoms with Crippen LogP contribution in [0.3, 0.4) is 0 Å². The number of nitrogens with one attached hydrogen (secondary N) is 3. The van der Waals surface area contributed by atoms with E-state index >= 15 is 0 Å². The van der Waals surface area contributed by atoms with Gasteiger partial charge in [0.2, 0.25) is 5.91 Å². The maximum atomic E-state index is 12.1. The molecular weight excluding hydrogens is 422 g/mol. The van der Waals surface area contributed by atoms with E-state index in [9.17, 15) is 9.59 Å². The van der Waals surface area contributed by atoms with Gasteiger partial charge in [-0.1, -0.05) is 0 Å². The Morgan fingerprint density at radius 1 is 1.18 bits per heavy atom. The van der Waals surface area contributed by atoms with Crippen LogP contribution in [0.15, 0.2) is 41.5 Å². The first-order valence-electron chi connectivity index (χ1n) is 10.6. The summed E-state index contributed by atoms with van der Waals surface area (Å²) in [6.07, 6.45) is 10.8. The predicted molar refractivity (Wildman–Crippen MR) is 120 cm³/mol. The third-order valence-corrected chi connectivity index (χ3v) is 5.92. The zero-order chi connectivity index (χ0) is 22.5. The number of hydrogen-bond acceptors (Lipinski definition) is 7. The second kappa shape index (κ2) is 7.33. The molecule has 1 aliphatic carbocycles. The lowest BCUT2D eigenvalue weighted by Gasteiger charge is -2.18. The first-order valence-corrected chi connectivity index (χ1v) is 10.6. The van der Waals surface area contributed by atoms with Crippen LogP contribution >= 0.6 is 0 Å². The largest absolute Gasteiger partial charge is 0.365 e. The lowest BCUT2D eigenvalue weighted by atomic mass is 9.94. The first kappa shape index (κ1) is 19.3. The van der Waals surface area contributed by atoms with Crippen molar-refractivity contribution in [2.45, 2.75) is 25.2 Å². The van der Waals surface area contributed by atoms with Gasteiger partial charge in [0, 0.05) is 48.8 Å². The molecule has 11 heteroatoms. The fourth-order valence-corrected chi connectivity index (χ4v) is 4.00. The third kappa shape index (κ3) is 3.43. The topological polar surface area (TPSA) is 168 Å². The Morgan fingerprint density at radius 2 is 2.06 bits per heavy atom. The van der Waals surface area contributed by atoms with Gasteiger partial charge in [-0.2, -0.15) is 5.10 Å². The number of aliphatic imine (C=N–C) groups is 1. The molecule has 1 aliphatic heterocycles. The molecule has 2 amide bonds. The van der Waals surface area contributed by atoms with Gasteiger partial charge in [-0.25, -0.2) is 9.97 Å². The van der Waals surface area contributed by atoms with Gasteiger partial charge in [0.15, 0.2) is 11.5 Å². The summed E-state index contributed by atoms with van der Waals surface area (Å²) in [6, 6.07) is 1.99. The average Bonchev–Trinajstić information content (AvgIpc) is 3.45. The number of fused-ring (bicyclic) bond motifs is 2. The lowest BCUT2D eigenvalue weighted by Crippen LogP contribution is -2.26. The van der Waals surface area contributed by atoms with Gasteiger partial charge in [0.25, 0.3) is 5.91 Å². The molecule has 33 heavy (non-hydrogen) atoms. The number of pyridine rings is 2. The van der Waals surface area contributed by atoms with E-state index in [1.807, 2.05) is 12.3 Å². The monoisotopic (exact) mass is 441 g/mol. The number of hydrogen-bond donors (Lipinski definition) is 4. The molecule has 4 aromatic rings. The Hall–Kier alpha value is -4.41. The predicted octanol–water partition coefficient (Wildman–Crippen LogP) is 1.92.